The number of carbonyl (C=O) groups is 2. The Labute approximate surface area is 175 Å². The molecule has 0 saturated heterocycles. The summed E-state index contributed by atoms with van der Waals surface area (Å²) in [7, 11) is 1.46. The Bertz CT molecular complexity index is 927. The molecule has 0 bridgehead atoms. The molecule has 154 valence electrons. The highest BCUT2D eigenvalue weighted by Crippen LogP contribution is 2.37. The van der Waals surface area contributed by atoms with E-state index in [0.29, 0.717) is 18.0 Å². The first-order valence-corrected chi connectivity index (χ1v) is 9.84. The summed E-state index contributed by atoms with van der Waals surface area (Å²) in [6, 6.07) is 10.7. The number of fused-ring (bicyclic) bond motifs is 1. The number of nitrogens with zero attached hydrogens (tertiary/aromatic N) is 1. The topological polar surface area (TPSA) is 65.1 Å². The second kappa shape index (κ2) is 8.74. The molecule has 7 heteroatoms. The van der Waals surface area contributed by atoms with Crippen molar-refractivity contribution >= 4 is 29.2 Å². The van der Waals surface area contributed by atoms with Crippen molar-refractivity contribution in [3.63, 3.8) is 0 Å². The SMILES string of the molecule is COc1cc(C(=O)O[C@@H](C)C(=O)N2CCc3ccccc32)cc(Cl)c1OC(C)C. The van der Waals surface area contributed by atoms with Crippen LogP contribution >= 0.6 is 11.6 Å². The zero-order valence-electron chi connectivity index (χ0n) is 16.9. The number of carbonyl (C=O) groups excluding carboxylic acids is 2. The van der Waals surface area contributed by atoms with Crippen molar-refractivity contribution in [3.05, 3.63) is 52.5 Å². The number of esters is 1. The molecule has 1 aliphatic rings. The predicted octanol–water partition coefficient (Wildman–Crippen LogP) is 4.27. The molecule has 2 aromatic rings. The Balaban J connectivity index is 1.74. The van der Waals surface area contributed by atoms with Gasteiger partial charge in [0.25, 0.3) is 5.91 Å². The number of halogens is 1. The maximum atomic E-state index is 12.8. The van der Waals surface area contributed by atoms with Gasteiger partial charge in [-0.15, -0.1) is 0 Å². The smallest absolute Gasteiger partial charge is 0.339 e. The van der Waals surface area contributed by atoms with E-state index < -0.39 is 12.1 Å². The normalized spacial score (nSPS) is 13.8. The van der Waals surface area contributed by atoms with Gasteiger partial charge in [0.2, 0.25) is 0 Å². The fraction of sp³-hybridized carbons (Fsp3) is 0.364. The van der Waals surface area contributed by atoms with Gasteiger partial charge in [0.05, 0.1) is 23.8 Å². The van der Waals surface area contributed by atoms with E-state index in [-0.39, 0.29) is 22.6 Å². The molecule has 1 atom stereocenters. The number of benzene rings is 2. The van der Waals surface area contributed by atoms with Gasteiger partial charge in [-0.1, -0.05) is 29.8 Å². The summed E-state index contributed by atoms with van der Waals surface area (Å²) in [4.78, 5) is 27.1. The average Bonchev–Trinajstić information content (AvgIpc) is 3.12. The first kappa shape index (κ1) is 21.0. The number of anilines is 1. The molecule has 2 aromatic carbocycles. The number of ether oxygens (including phenoxy) is 3. The van der Waals surface area contributed by atoms with E-state index in [2.05, 4.69) is 0 Å². The number of para-hydroxylation sites is 1. The summed E-state index contributed by atoms with van der Waals surface area (Å²) in [6.45, 7) is 5.86. The van der Waals surface area contributed by atoms with Gasteiger partial charge in [0, 0.05) is 12.2 Å². The molecule has 1 heterocycles. The fourth-order valence-corrected chi connectivity index (χ4v) is 3.51. The van der Waals surface area contributed by atoms with E-state index in [4.69, 9.17) is 25.8 Å². The quantitative estimate of drug-likeness (QED) is 0.656. The maximum Gasteiger partial charge on any atom is 0.339 e. The summed E-state index contributed by atoms with van der Waals surface area (Å²) < 4.78 is 16.4. The van der Waals surface area contributed by atoms with E-state index in [1.54, 1.807) is 11.8 Å². The zero-order valence-corrected chi connectivity index (χ0v) is 17.7. The van der Waals surface area contributed by atoms with Crippen LogP contribution in [0.2, 0.25) is 5.02 Å². The molecule has 1 amide bonds. The minimum absolute atomic E-state index is 0.111. The second-order valence-corrected chi connectivity index (χ2v) is 7.48. The van der Waals surface area contributed by atoms with Crippen LogP contribution in [-0.2, 0) is 16.0 Å². The van der Waals surface area contributed by atoms with Crippen LogP contribution in [0.1, 0.15) is 36.7 Å². The highest BCUT2D eigenvalue weighted by atomic mass is 35.5. The molecule has 0 spiro atoms. The van der Waals surface area contributed by atoms with Crippen LogP contribution in [0.5, 0.6) is 11.5 Å². The lowest BCUT2D eigenvalue weighted by molar-refractivity contribution is -0.126. The van der Waals surface area contributed by atoms with Crippen LogP contribution in [-0.4, -0.2) is 37.7 Å². The molecule has 29 heavy (non-hydrogen) atoms. The van der Waals surface area contributed by atoms with Crippen LogP contribution in [0.15, 0.2) is 36.4 Å². The molecule has 3 rings (SSSR count). The Morgan fingerprint density at radius 1 is 1.14 bits per heavy atom. The number of methoxy groups -OCH3 is 1. The predicted molar refractivity (Wildman–Crippen MR) is 111 cm³/mol. The van der Waals surface area contributed by atoms with Crippen molar-refractivity contribution in [2.24, 2.45) is 0 Å². The van der Waals surface area contributed by atoms with Crippen molar-refractivity contribution in [1.29, 1.82) is 0 Å². The van der Waals surface area contributed by atoms with Crippen LogP contribution in [0.3, 0.4) is 0 Å². The van der Waals surface area contributed by atoms with E-state index >= 15 is 0 Å². The zero-order chi connectivity index (χ0) is 21.1. The highest BCUT2D eigenvalue weighted by molar-refractivity contribution is 6.32. The fourth-order valence-electron chi connectivity index (χ4n) is 3.25. The lowest BCUT2D eigenvalue weighted by atomic mass is 10.2. The Morgan fingerprint density at radius 3 is 2.55 bits per heavy atom. The van der Waals surface area contributed by atoms with Gasteiger partial charge in [0.1, 0.15) is 0 Å². The summed E-state index contributed by atoms with van der Waals surface area (Å²) in [5, 5.41) is 0.234. The first-order valence-electron chi connectivity index (χ1n) is 9.46. The molecule has 1 aliphatic heterocycles. The van der Waals surface area contributed by atoms with E-state index in [0.717, 1.165) is 17.7 Å². The second-order valence-electron chi connectivity index (χ2n) is 7.07. The largest absolute Gasteiger partial charge is 0.493 e. The van der Waals surface area contributed by atoms with Crippen molar-refractivity contribution in [2.45, 2.75) is 39.4 Å². The van der Waals surface area contributed by atoms with E-state index in [1.807, 2.05) is 38.1 Å². The Morgan fingerprint density at radius 2 is 1.86 bits per heavy atom. The number of hydrogen-bond donors (Lipinski definition) is 0. The molecule has 0 unspecified atom stereocenters. The number of rotatable bonds is 6. The van der Waals surface area contributed by atoms with Gasteiger partial charge in [-0.2, -0.15) is 0 Å². The van der Waals surface area contributed by atoms with Gasteiger partial charge in [0.15, 0.2) is 17.6 Å². The lowest BCUT2D eigenvalue weighted by Gasteiger charge is -2.22. The summed E-state index contributed by atoms with van der Waals surface area (Å²) in [6.07, 6.45) is -0.266. The third-order valence-corrected chi connectivity index (χ3v) is 4.88. The molecule has 0 saturated carbocycles. The van der Waals surface area contributed by atoms with Crippen molar-refractivity contribution < 1.29 is 23.8 Å². The standard InChI is InChI=1S/C22H24ClNO5/c1-13(2)28-20-17(23)11-16(12-19(20)27-4)22(26)29-14(3)21(25)24-10-9-15-7-5-6-8-18(15)24/h5-8,11-14H,9-10H2,1-4H3/t14-/m0/s1. The van der Waals surface area contributed by atoms with Crippen molar-refractivity contribution in [2.75, 3.05) is 18.6 Å². The van der Waals surface area contributed by atoms with Gasteiger partial charge in [-0.05, 0) is 51.0 Å². The van der Waals surface area contributed by atoms with Crippen LogP contribution in [0, 0.1) is 0 Å². The monoisotopic (exact) mass is 417 g/mol. The molecule has 0 N–H and O–H groups in total. The van der Waals surface area contributed by atoms with Gasteiger partial charge < -0.3 is 19.1 Å². The van der Waals surface area contributed by atoms with Gasteiger partial charge >= 0.3 is 5.97 Å². The molecule has 0 radical (unpaired) electrons. The highest BCUT2D eigenvalue weighted by Gasteiger charge is 2.30. The van der Waals surface area contributed by atoms with Crippen molar-refractivity contribution in [3.8, 4) is 11.5 Å². The first-order chi connectivity index (χ1) is 13.8. The minimum Gasteiger partial charge on any atom is -0.493 e. The molecular formula is C22H24ClNO5. The van der Waals surface area contributed by atoms with Crippen LogP contribution in [0.25, 0.3) is 0 Å². The third kappa shape index (κ3) is 4.48. The molecule has 0 fully saturated rings. The lowest BCUT2D eigenvalue weighted by Crippen LogP contribution is -2.39. The van der Waals surface area contributed by atoms with Gasteiger partial charge in [-0.3, -0.25) is 4.79 Å². The molecular weight excluding hydrogens is 394 g/mol. The molecule has 0 aliphatic carbocycles. The third-order valence-electron chi connectivity index (χ3n) is 4.60. The number of hydrogen-bond acceptors (Lipinski definition) is 5. The molecule has 0 aromatic heterocycles. The maximum absolute atomic E-state index is 12.8. The molecule has 6 nitrogen and oxygen atoms in total. The average molecular weight is 418 g/mol. The van der Waals surface area contributed by atoms with Crippen LogP contribution in [0.4, 0.5) is 5.69 Å². The van der Waals surface area contributed by atoms with Gasteiger partial charge in [-0.25, -0.2) is 4.79 Å². The number of amides is 1. The Hall–Kier alpha value is -2.73. The summed E-state index contributed by atoms with van der Waals surface area (Å²) >= 11 is 6.27. The summed E-state index contributed by atoms with van der Waals surface area (Å²) in [5.41, 5.74) is 2.15. The van der Waals surface area contributed by atoms with Crippen LogP contribution < -0.4 is 14.4 Å². The Kier molecular flexibility index (Phi) is 6.33. The minimum atomic E-state index is -0.940. The summed E-state index contributed by atoms with van der Waals surface area (Å²) in [5.74, 6) is -0.236. The van der Waals surface area contributed by atoms with E-state index in [1.165, 1.54) is 19.2 Å². The van der Waals surface area contributed by atoms with Crippen molar-refractivity contribution in [1.82, 2.24) is 0 Å². The van der Waals surface area contributed by atoms with E-state index in [9.17, 15) is 9.59 Å².